The van der Waals surface area contributed by atoms with Gasteiger partial charge in [0.25, 0.3) is 5.91 Å². The molecule has 0 fully saturated rings. The van der Waals surface area contributed by atoms with Crippen molar-refractivity contribution >= 4 is 27.7 Å². The molecule has 0 aliphatic carbocycles. The second kappa shape index (κ2) is 13.1. The Morgan fingerprint density at radius 2 is 1.63 bits per heavy atom. The molecule has 1 atom stereocenters. The van der Waals surface area contributed by atoms with Gasteiger partial charge in [-0.3, -0.25) is 9.59 Å². The number of hydrogen-bond donors (Lipinski definition) is 1. The summed E-state index contributed by atoms with van der Waals surface area (Å²) in [7, 11) is 0. The lowest BCUT2D eigenvalue weighted by molar-refractivity contribution is -0.142. The number of amides is 2. The number of benzene rings is 3. The summed E-state index contributed by atoms with van der Waals surface area (Å²) in [5.74, 6) is 0.246. The predicted molar refractivity (Wildman–Crippen MR) is 143 cm³/mol. The first-order chi connectivity index (χ1) is 16.9. The quantitative estimate of drug-likeness (QED) is 0.346. The van der Waals surface area contributed by atoms with Gasteiger partial charge < -0.3 is 15.0 Å². The van der Waals surface area contributed by atoms with Crippen LogP contribution in [0.2, 0.25) is 0 Å². The number of aryl methyl sites for hydroxylation is 2. The molecule has 6 heteroatoms. The van der Waals surface area contributed by atoms with Gasteiger partial charge in [0.2, 0.25) is 5.91 Å². The van der Waals surface area contributed by atoms with Gasteiger partial charge in [-0.25, -0.2) is 0 Å². The normalized spacial score (nSPS) is 11.5. The first-order valence-electron chi connectivity index (χ1n) is 11.9. The minimum Gasteiger partial charge on any atom is -0.484 e. The third kappa shape index (κ3) is 8.25. The Morgan fingerprint density at radius 3 is 2.29 bits per heavy atom. The van der Waals surface area contributed by atoms with Crippen LogP contribution in [0.1, 0.15) is 35.6 Å². The maximum absolute atomic E-state index is 13.6. The van der Waals surface area contributed by atoms with Gasteiger partial charge in [-0.1, -0.05) is 71.4 Å². The van der Waals surface area contributed by atoms with E-state index in [1.807, 2.05) is 87.5 Å². The van der Waals surface area contributed by atoms with E-state index in [0.29, 0.717) is 25.3 Å². The highest BCUT2D eigenvalue weighted by Crippen LogP contribution is 2.20. The minimum atomic E-state index is -0.668. The molecule has 3 aromatic carbocycles. The molecule has 0 saturated heterocycles. The first-order valence-corrected chi connectivity index (χ1v) is 12.7. The summed E-state index contributed by atoms with van der Waals surface area (Å²) in [4.78, 5) is 28.6. The van der Waals surface area contributed by atoms with E-state index in [4.69, 9.17) is 4.74 Å². The molecule has 3 aromatic rings. The molecule has 0 heterocycles. The van der Waals surface area contributed by atoms with E-state index in [9.17, 15) is 9.59 Å². The van der Waals surface area contributed by atoms with E-state index in [1.54, 1.807) is 4.90 Å². The largest absolute Gasteiger partial charge is 0.484 e. The highest BCUT2D eigenvalue weighted by atomic mass is 79.9. The fourth-order valence-corrected chi connectivity index (χ4v) is 4.44. The van der Waals surface area contributed by atoms with E-state index in [1.165, 1.54) is 0 Å². The maximum atomic E-state index is 13.6. The molecule has 0 spiro atoms. The summed E-state index contributed by atoms with van der Waals surface area (Å²) in [5.41, 5.74) is 4.06. The zero-order valence-corrected chi connectivity index (χ0v) is 22.2. The first kappa shape index (κ1) is 26.5. The molecule has 0 aliphatic rings. The molecule has 0 unspecified atom stereocenters. The van der Waals surface area contributed by atoms with Crippen molar-refractivity contribution in [3.8, 4) is 5.75 Å². The van der Waals surface area contributed by atoms with E-state index < -0.39 is 6.04 Å². The monoisotopic (exact) mass is 536 g/mol. The van der Waals surface area contributed by atoms with Gasteiger partial charge in [0.05, 0.1) is 0 Å². The number of ether oxygens (including phenoxy) is 1. The number of nitrogens with zero attached hydrogens (tertiary/aromatic N) is 1. The second-order valence-electron chi connectivity index (χ2n) is 8.76. The van der Waals surface area contributed by atoms with Gasteiger partial charge in [0.1, 0.15) is 11.8 Å². The average molecular weight is 537 g/mol. The number of hydrogen-bond acceptors (Lipinski definition) is 3. The predicted octanol–water partition coefficient (Wildman–Crippen LogP) is 5.61. The molecule has 5 nitrogen and oxygen atoms in total. The zero-order chi connectivity index (χ0) is 25.2. The van der Waals surface area contributed by atoms with E-state index in [2.05, 4.69) is 27.3 Å². The Balaban J connectivity index is 1.90. The molecule has 1 N–H and O–H groups in total. The van der Waals surface area contributed by atoms with Crippen LogP contribution in [0.25, 0.3) is 0 Å². The second-order valence-corrected chi connectivity index (χ2v) is 9.68. The summed E-state index contributed by atoms with van der Waals surface area (Å²) < 4.78 is 6.82. The van der Waals surface area contributed by atoms with Crippen molar-refractivity contribution in [1.82, 2.24) is 10.2 Å². The van der Waals surface area contributed by atoms with E-state index >= 15 is 0 Å². The smallest absolute Gasteiger partial charge is 0.261 e. The van der Waals surface area contributed by atoms with Crippen molar-refractivity contribution in [2.45, 2.75) is 46.2 Å². The standard InChI is InChI=1S/C29H33BrN2O3/c1-4-13-31-29(34)27(18-23-9-6-5-7-10-23)32(19-24-11-8-12-25(30)17-24)28(33)20-35-26-15-21(2)14-22(3)16-26/h5-12,14-17,27H,4,13,18-20H2,1-3H3,(H,31,34)/t27-/m1/s1. The van der Waals surface area contributed by atoms with E-state index in [-0.39, 0.29) is 18.4 Å². The molecule has 2 amide bonds. The third-order valence-electron chi connectivity index (χ3n) is 5.62. The van der Waals surface area contributed by atoms with Crippen LogP contribution in [-0.4, -0.2) is 35.9 Å². The Morgan fingerprint density at radius 1 is 0.943 bits per heavy atom. The van der Waals surface area contributed by atoms with Gasteiger partial charge in [-0.2, -0.15) is 0 Å². The van der Waals surface area contributed by atoms with Crippen LogP contribution in [0.15, 0.2) is 77.3 Å². The van der Waals surface area contributed by atoms with Crippen molar-refractivity contribution in [2.75, 3.05) is 13.2 Å². The van der Waals surface area contributed by atoms with Gasteiger partial charge >= 0.3 is 0 Å². The fourth-order valence-electron chi connectivity index (χ4n) is 4.00. The Bertz CT molecular complexity index is 1110. The summed E-state index contributed by atoms with van der Waals surface area (Å²) in [6.07, 6.45) is 1.24. The lowest BCUT2D eigenvalue weighted by Gasteiger charge is -2.31. The number of carbonyl (C=O) groups excluding carboxylic acids is 2. The topological polar surface area (TPSA) is 58.6 Å². The van der Waals surface area contributed by atoms with Gasteiger partial charge in [-0.15, -0.1) is 0 Å². The maximum Gasteiger partial charge on any atom is 0.261 e. The lowest BCUT2D eigenvalue weighted by atomic mass is 10.0. The summed E-state index contributed by atoms with van der Waals surface area (Å²) in [5, 5.41) is 2.99. The molecule has 0 bridgehead atoms. The fraction of sp³-hybridized carbons (Fsp3) is 0.310. The Hall–Kier alpha value is -3.12. The number of nitrogens with one attached hydrogen (secondary N) is 1. The van der Waals surface area contributed by atoms with Gasteiger partial charge in [0.15, 0.2) is 6.61 Å². The molecule has 3 rings (SSSR count). The number of rotatable bonds is 11. The zero-order valence-electron chi connectivity index (χ0n) is 20.6. The van der Waals surface area contributed by atoms with Gasteiger partial charge in [0, 0.05) is 24.0 Å². The molecular weight excluding hydrogens is 504 g/mol. The highest BCUT2D eigenvalue weighted by Gasteiger charge is 2.30. The molecule has 184 valence electrons. The molecule has 0 aromatic heterocycles. The molecule has 0 radical (unpaired) electrons. The number of carbonyl (C=O) groups is 2. The number of halogens is 1. The Labute approximate surface area is 216 Å². The van der Waals surface area contributed by atoms with Crippen LogP contribution in [0.3, 0.4) is 0 Å². The van der Waals surface area contributed by atoms with Crippen LogP contribution in [-0.2, 0) is 22.6 Å². The van der Waals surface area contributed by atoms with Crippen molar-refractivity contribution in [3.63, 3.8) is 0 Å². The molecule has 35 heavy (non-hydrogen) atoms. The highest BCUT2D eigenvalue weighted by molar-refractivity contribution is 9.10. The van der Waals surface area contributed by atoms with Crippen molar-refractivity contribution < 1.29 is 14.3 Å². The molecule has 0 saturated carbocycles. The summed E-state index contributed by atoms with van der Waals surface area (Å²) >= 11 is 3.51. The minimum absolute atomic E-state index is 0.150. The van der Waals surface area contributed by atoms with Crippen LogP contribution >= 0.6 is 15.9 Å². The Kier molecular flexibility index (Phi) is 9.91. The van der Waals surface area contributed by atoms with Crippen molar-refractivity contribution in [3.05, 3.63) is 99.5 Å². The van der Waals surface area contributed by atoms with Crippen LogP contribution < -0.4 is 10.1 Å². The molecular formula is C29H33BrN2O3. The van der Waals surface area contributed by atoms with Crippen molar-refractivity contribution in [1.29, 1.82) is 0 Å². The molecule has 0 aliphatic heterocycles. The average Bonchev–Trinajstić information content (AvgIpc) is 2.83. The summed E-state index contributed by atoms with van der Waals surface area (Å²) in [6, 6.07) is 22.8. The van der Waals surface area contributed by atoms with Crippen LogP contribution in [0, 0.1) is 13.8 Å². The third-order valence-corrected chi connectivity index (χ3v) is 6.11. The van der Waals surface area contributed by atoms with Gasteiger partial charge in [-0.05, 0) is 66.8 Å². The summed E-state index contributed by atoms with van der Waals surface area (Å²) in [6.45, 7) is 6.70. The van der Waals surface area contributed by atoms with Crippen molar-refractivity contribution in [2.24, 2.45) is 0 Å². The van der Waals surface area contributed by atoms with E-state index in [0.717, 1.165) is 33.1 Å². The van der Waals surface area contributed by atoms with Crippen LogP contribution in [0.5, 0.6) is 5.75 Å². The van der Waals surface area contributed by atoms with Crippen LogP contribution in [0.4, 0.5) is 0 Å². The lowest BCUT2D eigenvalue weighted by Crippen LogP contribution is -2.51. The SMILES string of the molecule is CCCNC(=O)[C@@H](Cc1ccccc1)N(Cc1cccc(Br)c1)C(=O)COc1cc(C)cc(C)c1.